The summed E-state index contributed by atoms with van der Waals surface area (Å²) in [6.45, 7) is 0.617. The maximum absolute atomic E-state index is 12.7. The molecule has 7 heteroatoms. The van der Waals surface area contributed by atoms with Crippen LogP contribution >= 0.6 is 15.9 Å². The molecule has 4 rings (SSSR count). The van der Waals surface area contributed by atoms with Gasteiger partial charge >= 0.3 is 0 Å². The fourth-order valence-electron chi connectivity index (χ4n) is 3.88. The Kier molecular flexibility index (Phi) is 8.44. The van der Waals surface area contributed by atoms with E-state index in [1.165, 1.54) is 0 Å². The molecular formula is C30H25BrN2O4. The first kappa shape index (κ1) is 25.8. The second kappa shape index (κ2) is 12.1. The van der Waals surface area contributed by atoms with Crippen molar-refractivity contribution in [3.8, 4) is 23.3 Å². The molecule has 0 atom stereocenters. The Bertz CT molecular complexity index is 1500. The van der Waals surface area contributed by atoms with Crippen molar-refractivity contribution < 1.29 is 19.0 Å². The van der Waals surface area contributed by atoms with Gasteiger partial charge in [0.05, 0.1) is 18.7 Å². The molecule has 0 fully saturated rings. The highest BCUT2D eigenvalue weighted by atomic mass is 79.9. The Hall–Kier alpha value is -4.28. The summed E-state index contributed by atoms with van der Waals surface area (Å²) >= 11 is 3.55. The maximum Gasteiger partial charge on any atom is 0.262 e. The van der Waals surface area contributed by atoms with E-state index < -0.39 is 5.91 Å². The molecule has 1 N–H and O–H groups in total. The normalized spacial score (nSPS) is 11.0. The second-order valence-corrected chi connectivity index (χ2v) is 9.00. The number of fused-ring (bicyclic) bond motifs is 1. The van der Waals surface area contributed by atoms with Crippen LogP contribution in [0, 0.1) is 11.3 Å². The zero-order valence-electron chi connectivity index (χ0n) is 20.5. The van der Waals surface area contributed by atoms with Gasteiger partial charge in [0.2, 0.25) is 0 Å². The zero-order valence-corrected chi connectivity index (χ0v) is 22.0. The lowest BCUT2D eigenvalue weighted by Crippen LogP contribution is -2.24. The van der Waals surface area contributed by atoms with Gasteiger partial charge < -0.3 is 19.5 Å². The third kappa shape index (κ3) is 6.29. The van der Waals surface area contributed by atoms with Gasteiger partial charge in [-0.1, -0.05) is 48.5 Å². The Morgan fingerprint density at radius 3 is 2.51 bits per heavy atom. The summed E-state index contributed by atoms with van der Waals surface area (Å²) < 4.78 is 17.3. The van der Waals surface area contributed by atoms with E-state index in [0.29, 0.717) is 29.4 Å². The molecule has 0 radical (unpaired) electrons. The number of rotatable bonds is 9. The number of benzene rings is 4. The van der Waals surface area contributed by atoms with Crippen LogP contribution in [0.2, 0.25) is 0 Å². The molecule has 0 bridgehead atoms. The molecule has 0 saturated carbocycles. The first-order valence-electron chi connectivity index (χ1n) is 11.5. The van der Waals surface area contributed by atoms with Gasteiger partial charge in [-0.15, -0.1) is 0 Å². The quantitative estimate of drug-likeness (QED) is 0.190. The number of amides is 1. The van der Waals surface area contributed by atoms with Crippen LogP contribution in [-0.2, 0) is 17.9 Å². The van der Waals surface area contributed by atoms with Crippen LogP contribution in [0.1, 0.15) is 16.7 Å². The van der Waals surface area contributed by atoms with E-state index in [1.54, 1.807) is 38.5 Å². The summed E-state index contributed by atoms with van der Waals surface area (Å²) in [5, 5.41) is 14.7. The van der Waals surface area contributed by atoms with E-state index in [4.69, 9.17) is 14.2 Å². The number of hydrogen-bond acceptors (Lipinski definition) is 5. The van der Waals surface area contributed by atoms with Crippen molar-refractivity contribution in [1.29, 1.82) is 5.26 Å². The summed E-state index contributed by atoms with van der Waals surface area (Å²) in [6, 6.07) is 27.1. The summed E-state index contributed by atoms with van der Waals surface area (Å²) in [5.74, 6) is 1.43. The maximum atomic E-state index is 12.7. The number of hydrogen-bond donors (Lipinski definition) is 1. The summed E-state index contributed by atoms with van der Waals surface area (Å²) in [7, 11) is 3.12. The Labute approximate surface area is 224 Å². The lowest BCUT2D eigenvalue weighted by Gasteiger charge is -2.12. The molecule has 0 unspecified atom stereocenters. The number of nitriles is 1. The van der Waals surface area contributed by atoms with E-state index in [1.807, 2.05) is 48.5 Å². The Morgan fingerprint density at radius 2 is 1.76 bits per heavy atom. The van der Waals surface area contributed by atoms with E-state index in [2.05, 4.69) is 39.4 Å². The summed E-state index contributed by atoms with van der Waals surface area (Å²) in [6.07, 6.45) is 1.54. The molecule has 4 aromatic carbocycles. The fourth-order valence-corrected chi connectivity index (χ4v) is 4.39. The van der Waals surface area contributed by atoms with Crippen molar-refractivity contribution in [3.63, 3.8) is 0 Å². The molecule has 1 amide bonds. The molecule has 6 nitrogen and oxygen atoms in total. The summed E-state index contributed by atoms with van der Waals surface area (Å²) in [5.41, 5.74) is 2.54. The van der Waals surface area contributed by atoms with Crippen LogP contribution in [0.3, 0.4) is 0 Å². The number of nitrogens with zero attached hydrogens (tertiary/aromatic N) is 1. The van der Waals surface area contributed by atoms with Gasteiger partial charge in [0.1, 0.15) is 35.5 Å². The number of halogens is 1. The molecule has 0 spiro atoms. The predicted octanol–water partition coefficient (Wildman–Crippen LogP) is 6.42. The van der Waals surface area contributed by atoms with Crippen molar-refractivity contribution in [2.75, 3.05) is 14.2 Å². The number of carbonyl (C=O) groups is 1. The van der Waals surface area contributed by atoms with Gasteiger partial charge in [-0.25, -0.2) is 0 Å². The minimum absolute atomic E-state index is 0.0104. The SMILES string of the molecule is COc1ccc(CNC(=O)/C(C#N)=C/c2ccc(OCc3cccc4ccccc34)c(Br)c2)c(OC)c1. The van der Waals surface area contributed by atoms with Crippen LogP contribution in [0.25, 0.3) is 16.8 Å². The van der Waals surface area contributed by atoms with Gasteiger partial charge in [-0.05, 0) is 68.2 Å². The number of nitrogens with one attached hydrogen (secondary N) is 1. The smallest absolute Gasteiger partial charge is 0.262 e. The van der Waals surface area contributed by atoms with Crippen LogP contribution < -0.4 is 19.5 Å². The van der Waals surface area contributed by atoms with Crippen LogP contribution in [0.5, 0.6) is 17.2 Å². The van der Waals surface area contributed by atoms with E-state index in [9.17, 15) is 10.1 Å². The highest BCUT2D eigenvalue weighted by Gasteiger charge is 2.12. The molecule has 0 aliphatic carbocycles. The lowest BCUT2D eigenvalue weighted by molar-refractivity contribution is -0.117. The highest BCUT2D eigenvalue weighted by molar-refractivity contribution is 9.10. The standard InChI is InChI=1S/C30H25BrN2O4/c1-35-25-12-11-22(29(16-25)36-2)18-33-30(34)24(17-32)14-20-10-13-28(27(31)15-20)37-19-23-8-5-7-21-6-3-4-9-26(21)23/h3-16H,18-19H2,1-2H3,(H,33,34)/b24-14+. The molecular weight excluding hydrogens is 532 g/mol. The molecule has 0 aliphatic heterocycles. The lowest BCUT2D eigenvalue weighted by atomic mass is 10.1. The molecule has 4 aromatic rings. The molecule has 186 valence electrons. The van der Waals surface area contributed by atoms with Crippen LogP contribution in [0.4, 0.5) is 0 Å². The third-order valence-corrected chi connectivity index (χ3v) is 6.45. The first-order valence-corrected chi connectivity index (χ1v) is 12.3. The predicted molar refractivity (Wildman–Crippen MR) is 147 cm³/mol. The van der Waals surface area contributed by atoms with Gasteiger partial charge in [0.15, 0.2) is 0 Å². The van der Waals surface area contributed by atoms with Crippen LogP contribution in [0.15, 0.2) is 88.9 Å². The third-order valence-electron chi connectivity index (χ3n) is 5.83. The average Bonchev–Trinajstić information content (AvgIpc) is 2.94. The molecule has 0 aliphatic rings. The summed E-state index contributed by atoms with van der Waals surface area (Å²) in [4.78, 5) is 12.7. The largest absolute Gasteiger partial charge is 0.497 e. The average molecular weight is 557 g/mol. The van der Waals surface area contributed by atoms with Crippen molar-refractivity contribution in [2.24, 2.45) is 0 Å². The Morgan fingerprint density at radius 1 is 0.946 bits per heavy atom. The van der Waals surface area contributed by atoms with Crippen molar-refractivity contribution in [1.82, 2.24) is 5.32 Å². The van der Waals surface area contributed by atoms with E-state index in [0.717, 1.165) is 26.4 Å². The monoisotopic (exact) mass is 556 g/mol. The van der Waals surface area contributed by atoms with E-state index in [-0.39, 0.29) is 12.1 Å². The minimum Gasteiger partial charge on any atom is -0.497 e. The number of carbonyl (C=O) groups excluding carboxylic acids is 1. The van der Waals surface area contributed by atoms with E-state index >= 15 is 0 Å². The second-order valence-electron chi connectivity index (χ2n) is 8.15. The fraction of sp³-hybridized carbons (Fsp3) is 0.133. The van der Waals surface area contributed by atoms with Gasteiger partial charge in [0.25, 0.3) is 5.91 Å². The number of methoxy groups -OCH3 is 2. The van der Waals surface area contributed by atoms with Crippen molar-refractivity contribution >= 4 is 38.7 Å². The topological polar surface area (TPSA) is 80.6 Å². The van der Waals surface area contributed by atoms with Gasteiger partial charge in [0, 0.05) is 18.2 Å². The molecule has 0 aromatic heterocycles. The van der Waals surface area contributed by atoms with Crippen molar-refractivity contribution in [3.05, 3.63) is 106 Å². The van der Waals surface area contributed by atoms with Gasteiger partial charge in [-0.3, -0.25) is 4.79 Å². The number of ether oxygens (including phenoxy) is 3. The minimum atomic E-state index is -0.479. The molecule has 0 saturated heterocycles. The van der Waals surface area contributed by atoms with Crippen molar-refractivity contribution in [2.45, 2.75) is 13.2 Å². The Balaban J connectivity index is 1.43. The molecule has 0 heterocycles. The molecule has 37 heavy (non-hydrogen) atoms. The van der Waals surface area contributed by atoms with Gasteiger partial charge in [-0.2, -0.15) is 5.26 Å². The zero-order chi connectivity index (χ0) is 26.2. The highest BCUT2D eigenvalue weighted by Crippen LogP contribution is 2.29. The van der Waals surface area contributed by atoms with Crippen LogP contribution in [-0.4, -0.2) is 20.1 Å². The first-order chi connectivity index (χ1) is 18.0.